The predicted octanol–water partition coefficient (Wildman–Crippen LogP) is 11.8. The van der Waals surface area contributed by atoms with E-state index in [0.717, 1.165) is 6.42 Å². The number of benzene rings is 9. The van der Waals surface area contributed by atoms with Gasteiger partial charge in [-0.1, -0.05) is 133 Å². The highest BCUT2D eigenvalue weighted by Crippen LogP contribution is 2.47. The van der Waals surface area contributed by atoms with Crippen molar-refractivity contribution in [3.63, 3.8) is 0 Å². The number of hydrogen-bond donors (Lipinski definition) is 0. The summed E-state index contributed by atoms with van der Waals surface area (Å²) in [7, 11) is 0. The molecule has 0 aromatic heterocycles. The third-order valence-corrected chi connectivity index (χ3v) is 9.84. The highest BCUT2D eigenvalue weighted by Gasteiger charge is 2.23. The van der Waals surface area contributed by atoms with Crippen LogP contribution in [0.1, 0.15) is 11.1 Å². The molecule has 0 nitrogen and oxygen atoms in total. The van der Waals surface area contributed by atoms with E-state index in [9.17, 15) is 0 Å². The zero-order chi connectivity index (χ0) is 28.1. The fourth-order valence-corrected chi connectivity index (χ4v) is 7.98. The molecule has 0 unspecified atom stereocenters. The highest BCUT2D eigenvalue weighted by molar-refractivity contribution is 6.29. The van der Waals surface area contributed by atoms with Crippen molar-refractivity contribution in [1.82, 2.24) is 0 Å². The van der Waals surface area contributed by atoms with Gasteiger partial charge in [0.1, 0.15) is 0 Å². The van der Waals surface area contributed by atoms with E-state index >= 15 is 0 Å². The Morgan fingerprint density at radius 2 is 0.791 bits per heavy atom. The van der Waals surface area contributed by atoms with E-state index in [2.05, 4.69) is 146 Å². The third kappa shape index (κ3) is 3.16. The summed E-state index contributed by atoms with van der Waals surface area (Å²) in [4.78, 5) is 0. The molecule has 0 bridgehead atoms. The number of hydrogen-bond acceptors (Lipinski definition) is 0. The minimum absolute atomic E-state index is 0.981. The summed E-state index contributed by atoms with van der Waals surface area (Å²) in [6, 6.07) is 54.3. The van der Waals surface area contributed by atoms with E-state index < -0.39 is 0 Å². The molecule has 0 heterocycles. The predicted molar refractivity (Wildman–Crippen MR) is 185 cm³/mol. The van der Waals surface area contributed by atoms with Gasteiger partial charge >= 0.3 is 0 Å². The van der Waals surface area contributed by atoms with Gasteiger partial charge in [0.05, 0.1) is 0 Å². The van der Waals surface area contributed by atoms with Crippen molar-refractivity contribution in [2.45, 2.75) is 6.42 Å². The quantitative estimate of drug-likeness (QED) is 0.191. The molecule has 9 aromatic carbocycles. The zero-order valence-electron chi connectivity index (χ0n) is 23.6. The average molecular weight is 543 g/mol. The van der Waals surface area contributed by atoms with Crippen LogP contribution in [0, 0.1) is 0 Å². The summed E-state index contributed by atoms with van der Waals surface area (Å²) in [6.45, 7) is 0. The Hall–Kier alpha value is -5.46. The van der Waals surface area contributed by atoms with Crippen molar-refractivity contribution in [2.24, 2.45) is 0 Å². The van der Waals surface area contributed by atoms with Crippen LogP contribution < -0.4 is 0 Å². The van der Waals surface area contributed by atoms with E-state index in [0.29, 0.717) is 0 Å². The van der Waals surface area contributed by atoms with Gasteiger partial charge in [-0.25, -0.2) is 0 Å². The molecule has 0 radical (unpaired) electrons. The van der Waals surface area contributed by atoms with E-state index in [1.54, 1.807) is 0 Å². The van der Waals surface area contributed by atoms with Crippen LogP contribution in [-0.4, -0.2) is 0 Å². The van der Waals surface area contributed by atoms with E-state index in [-0.39, 0.29) is 0 Å². The molecule has 0 heteroatoms. The average Bonchev–Trinajstić information content (AvgIpc) is 3.48. The molecule has 0 N–H and O–H groups in total. The molecule has 198 valence electrons. The Morgan fingerprint density at radius 3 is 1.49 bits per heavy atom. The zero-order valence-corrected chi connectivity index (χ0v) is 23.6. The monoisotopic (exact) mass is 542 g/mol. The molecule has 0 saturated carbocycles. The molecule has 1 aliphatic carbocycles. The Balaban J connectivity index is 1.19. The summed E-state index contributed by atoms with van der Waals surface area (Å²) < 4.78 is 0. The van der Waals surface area contributed by atoms with Gasteiger partial charge in [0.15, 0.2) is 0 Å². The Labute approximate surface area is 249 Å². The van der Waals surface area contributed by atoms with Crippen molar-refractivity contribution in [3.8, 4) is 22.3 Å². The van der Waals surface area contributed by atoms with Crippen molar-refractivity contribution >= 4 is 64.6 Å². The first-order valence-electron chi connectivity index (χ1n) is 15.2. The summed E-state index contributed by atoms with van der Waals surface area (Å²) in [5.74, 6) is 0. The summed E-state index contributed by atoms with van der Waals surface area (Å²) in [5, 5.41) is 16.2. The second kappa shape index (κ2) is 8.53. The van der Waals surface area contributed by atoms with Crippen molar-refractivity contribution in [1.29, 1.82) is 0 Å². The topological polar surface area (TPSA) is 0 Å². The molecule has 0 amide bonds. The molecule has 0 aliphatic heterocycles. The fraction of sp³-hybridized carbons (Fsp3) is 0.0233. The van der Waals surface area contributed by atoms with Crippen molar-refractivity contribution in [2.75, 3.05) is 0 Å². The minimum atomic E-state index is 0.981. The van der Waals surface area contributed by atoms with Gasteiger partial charge in [0, 0.05) is 0 Å². The molecule has 10 rings (SSSR count). The van der Waals surface area contributed by atoms with Crippen LogP contribution in [0.25, 0.3) is 86.9 Å². The normalized spacial score (nSPS) is 12.6. The van der Waals surface area contributed by atoms with Crippen molar-refractivity contribution in [3.05, 3.63) is 157 Å². The first kappa shape index (κ1) is 23.1. The van der Waals surface area contributed by atoms with Gasteiger partial charge in [0.2, 0.25) is 0 Å². The number of fused-ring (bicyclic) bond motifs is 9. The van der Waals surface area contributed by atoms with Crippen LogP contribution in [0.15, 0.2) is 146 Å². The molecular formula is C43H26. The largest absolute Gasteiger partial charge is 0.0616 e. The SMILES string of the molecule is c1cc(-c2ccc3c4ccccc4c4ccccc4c3c2)cc(-c2ccc3c4ccccc4c4cccc5c4c3c2C5)c1. The standard InChI is InChI=1S/C43H26/c1-2-14-33-31(12-1)32-13-3-6-17-36(32)40-24-27(19-20-37(33)40)26-9-7-10-28(23-26)30-21-22-39-35-16-5-4-15-34(35)38-18-8-11-29-25-41(30)43(39)42(29)38/h1-24H,25H2. The molecule has 0 saturated heterocycles. The Morgan fingerprint density at radius 1 is 0.302 bits per heavy atom. The van der Waals surface area contributed by atoms with Gasteiger partial charge < -0.3 is 0 Å². The summed E-state index contributed by atoms with van der Waals surface area (Å²) in [6.07, 6.45) is 0.981. The molecule has 9 aromatic rings. The van der Waals surface area contributed by atoms with Gasteiger partial charge in [0.25, 0.3) is 0 Å². The first-order valence-corrected chi connectivity index (χ1v) is 15.2. The maximum Gasteiger partial charge on any atom is -0.000683 e. The lowest BCUT2D eigenvalue weighted by Crippen LogP contribution is -1.90. The van der Waals surface area contributed by atoms with Gasteiger partial charge in [-0.2, -0.15) is 0 Å². The summed E-state index contributed by atoms with van der Waals surface area (Å²) >= 11 is 0. The highest BCUT2D eigenvalue weighted by atomic mass is 14.3. The Bertz CT molecular complexity index is 2600. The van der Waals surface area contributed by atoms with Gasteiger partial charge in [-0.3, -0.25) is 0 Å². The Kier molecular flexibility index (Phi) is 4.59. The van der Waals surface area contributed by atoms with Crippen LogP contribution in [-0.2, 0) is 6.42 Å². The molecule has 0 spiro atoms. The molecule has 0 atom stereocenters. The minimum Gasteiger partial charge on any atom is -0.0616 e. The summed E-state index contributed by atoms with van der Waals surface area (Å²) in [5.41, 5.74) is 8.04. The lowest BCUT2D eigenvalue weighted by Gasteiger charge is -2.14. The van der Waals surface area contributed by atoms with Crippen LogP contribution in [0.5, 0.6) is 0 Å². The van der Waals surface area contributed by atoms with Crippen LogP contribution in [0.3, 0.4) is 0 Å². The first-order chi connectivity index (χ1) is 21.3. The fourth-order valence-electron chi connectivity index (χ4n) is 7.98. The second-order valence-corrected chi connectivity index (χ2v) is 12.0. The lowest BCUT2D eigenvalue weighted by molar-refractivity contribution is 1.27. The van der Waals surface area contributed by atoms with Crippen LogP contribution in [0.4, 0.5) is 0 Å². The maximum absolute atomic E-state index is 2.40. The third-order valence-electron chi connectivity index (χ3n) is 9.84. The van der Waals surface area contributed by atoms with Gasteiger partial charge in [-0.15, -0.1) is 0 Å². The van der Waals surface area contributed by atoms with Crippen LogP contribution in [0.2, 0.25) is 0 Å². The van der Waals surface area contributed by atoms with E-state index in [1.165, 1.54) is 98.0 Å². The molecule has 0 fully saturated rings. The van der Waals surface area contributed by atoms with Gasteiger partial charge in [-0.05, 0) is 117 Å². The molecular weight excluding hydrogens is 516 g/mol. The maximum atomic E-state index is 2.40. The van der Waals surface area contributed by atoms with E-state index in [1.807, 2.05) is 0 Å². The second-order valence-electron chi connectivity index (χ2n) is 12.0. The molecule has 1 aliphatic rings. The molecule has 43 heavy (non-hydrogen) atoms. The lowest BCUT2D eigenvalue weighted by atomic mass is 9.89. The van der Waals surface area contributed by atoms with Crippen molar-refractivity contribution < 1.29 is 0 Å². The van der Waals surface area contributed by atoms with Crippen LogP contribution >= 0.6 is 0 Å². The van der Waals surface area contributed by atoms with E-state index in [4.69, 9.17) is 0 Å². The number of rotatable bonds is 2. The smallest absolute Gasteiger partial charge is 0.000683 e.